The Kier molecular flexibility index (Phi) is 9.09. The fourth-order valence-electron chi connectivity index (χ4n) is 4.69. The first kappa shape index (κ1) is 29.8. The van der Waals surface area contributed by atoms with E-state index in [4.69, 9.17) is 0 Å². The number of carbonyl (C=O) groups excluding carboxylic acids is 2. The molecule has 8 nitrogen and oxygen atoms in total. The van der Waals surface area contributed by atoms with Crippen molar-refractivity contribution < 1.29 is 27.9 Å². The highest BCUT2D eigenvalue weighted by Gasteiger charge is 2.30. The number of hydrogen-bond acceptors (Lipinski definition) is 6. The minimum absolute atomic E-state index is 0. The summed E-state index contributed by atoms with van der Waals surface area (Å²) in [6.07, 6.45) is 4.13. The number of carbonyl (C=O) groups is 2. The Morgan fingerprint density at radius 2 is 1.73 bits per heavy atom. The molecule has 1 atom stereocenters. The molecule has 41 heavy (non-hydrogen) atoms. The molecule has 5 rings (SSSR count). The normalized spacial score (nSPS) is 17.2. The van der Waals surface area contributed by atoms with Gasteiger partial charge in [0, 0.05) is 60.5 Å². The largest absolute Gasteiger partial charge is 0.416 e. The third-order valence-electron chi connectivity index (χ3n) is 6.76. The topological polar surface area (TPSA) is 107 Å². The van der Waals surface area contributed by atoms with Crippen molar-refractivity contribution >= 4 is 47.1 Å². The van der Waals surface area contributed by atoms with E-state index >= 15 is 0 Å². The van der Waals surface area contributed by atoms with Crippen molar-refractivity contribution in [2.45, 2.75) is 31.5 Å². The Morgan fingerprint density at radius 3 is 2.39 bits per heavy atom. The molecule has 3 heterocycles. The molecule has 1 fully saturated rings. The molecule has 214 valence electrons. The van der Waals surface area contributed by atoms with Crippen molar-refractivity contribution in [1.29, 1.82) is 0 Å². The van der Waals surface area contributed by atoms with Crippen LogP contribution in [0.4, 0.5) is 30.5 Å². The first-order valence-corrected chi connectivity index (χ1v) is 12.7. The van der Waals surface area contributed by atoms with Crippen LogP contribution in [-0.4, -0.2) is 46.1 Å². The average Bonchev–Trinajstić information content (AvgIpc) is 3.47. The summed E-state index contributed by atoms with van der Waals surface area (Å²) < 4.78 is 39.4. The van der Waals surface area contributed by atoms with Crippen molar-refractivity contribution in [1.82, 2.24) is 9.97 Å². The van der Waals surface area contributed by atoms with E-state index < -0.39 is 29.7 Å². The predicted octanol–water partition coefficient (Wildman–Crippen LogP) is 5.00. The van der Waals surface area contributed by atoms with Crippen molar-refractivity contribution in [2.24, 2.45) is 0 Å². The Labute approximate surface area is 240 Å². The third kappa shape index (κ3) is 6.93. The standard InChI is InChI=1S/C29H26F3N5O3.ClH/c30-29(31,32)20-11-9-18(10-12-20)21(19-16-33-28(34-17-19)37-13-1-2-14-37)5-3-8-26(39)35-23-6-4-7-24-22(23)15-25(38)27(40)36-24;/h3-12,16-17,25,38H,1-2,13-15H2,(H,35,39)(H,36,40);1H/b8-3+,21-5-;. The SMILES string of the molecule is Cl.O=C(/C=C/C=C(/c1ccc(C(F)(F)F)cc1)c1cnc(N2CCCC2)nc1)Nc1cccc2c1CC(O)C(=O)N2. The van der Waals surface area contributed by atoms with E-state index in [1.54, 1.807) is 36.7 Å². The molecular weight excluding hydrogens is 559 g/mol. The van der Waals surface area contributed by atoms with E-state index in [1.807, 2.05) is 0 Å². The van der Waals surface area contributed by atoms with Crippen LogP contribution in [0.5, 0.6) is 0 Å². The Balaban J connectivity index is 0.00000387. The summed E-state index contributed by atoms with van der Waals surface area (Å²) in [5.74, 6) is -0.381. The lowest BCUT2D eigenvalue weighted by atomic mass is 9.98. The zero-order valence-electron chi connectivity index (χ0n) is 21.7. The van der Waals surface area contributed by atoms with Gasteiger partial charge in [0.1, 0.15) is 6.10 Å². The number of alkyl halides is 3. The second-order valence-electron chi connectivity index (χ2n) is 9.51. The number of allylic oxidation sites excluding steroid dienone is 2. The summed E-state index contributed by atoms with van der Waals surface area (Å²) in [4.78, 5) is 35.4. The lowest BCUT2D eigenvalue weighted by Gasteiger charge is -2.23. The van der Waals surface area contributed by atoms with Gasteiger partial charge >= 0.3 is 6.18 Å². The fourth-order valence-corrected chi connectivity index (χ4v) is 4.69. The molecule has 2 amide bonds. The number of rotatable bonds is 6. The number of amides is 2. The smallest absolute Gasteiger partial charge is 0.383 e. The van der Waals surface area contributed by atoms with Crippen LogP contribution >= 0.6 is 12.4 Å². The van der Waals surface area contributed by atoms with Crippen LogP contribution in [0, 0.1) is 0 Å². The average molecular weight is 586 g/mol. The monoisotopic (exact) mass is 585 g/mol. The maximum atomic E-state index is 13.1. The maximum absolute atomic E-state index is 13.1. The molecular formula is C29H27ClF3N5O3. The first-order chi connectivity index (χ1) is 19.2. The van der Waals surface area contributed by atoms with E-state index in [-0.39, 0.29) is 18.8 Å². The molecule has 3 N–H and O–H groups in total. The maximum Gasteiger partial charge on any atom is 0.416 e. The van der Waals surface area contributed by atoms with Crippen LogP contribution in [0.3, 0.4) is 0 Å². The molecule has 0 spiro atoms. The number of aliphatic hydroxyl groups excluding tert-OH is 1. The number of anilines is 3. The van der Waals surface area contributed by atoms with E-state index in [9.17, 15) is 27.9 Å². The molecule has 2 aliphatic heterocycles. The number of aliphatic hydroxyl groups is 1. The quantitative estimate of drug-likeness (QED) is 0.278. The molecule has 2 aliphatic rings. The summed E-state index contributed by atoms with van der Waals surface area (Å²) in [6.45, 7) is 1.74. The summed E-state index contributed by atoms with van der Waals surface area (Å²) >= 11 is 0. The summed E-state index contributed by atoms with van der Waals surface area (Å²) in [5, 5.41) is 15.3. The van der Waals surface area contributed by atoms with E-state index in [0.717, 1.165) is 38.1 Å². The summed E-state index contributed by atoms with van der Waals surface area (Å²) in [7, 11) is 0. The molecule has 0 aliphatic carbocycles. The number of hydrogen-bond donors (Lipinski definition) is 3. The molecule has 12 heteroatoms. The highest BCUT2D eigenvalue weighted by Crippen LogP contribution is 2.32. The van der Waals surface area contributed by atoms with Gasteiger partial charge in [-0.1, -0.05) is 30.4 Å². The molecule has 1 saturated heterocycles. The lowest BCUT2D eigenvalue weighted by Crippen LogP contribution is -2.34. The van der Waals surface area contributed by atoms with Crippen molar-refractivity contribution in [3.05, 3.63) is 95.3 Å². The van der Waals surface area contributed by atoms with Crippen LogP contribution in [0.25, 0.3) is 5.57 Å². The second-order valence-corrected chi connectivity index (χ2v) is 9.51. The highest BCUT2D eigenvalue weighted by molar-refractivity contribution is 6.03. The molecule has 1 unspecified atom stereocenters. The second kappa shape index (κ2) is 12.5. The van der Waals surface area contributed by atoms with E-state index in [0.29, 0.717) is 39.6 Å². The lowest BCUT2D eigenvalue weighted by molar-refractivity contribution is -0.137. The Hall–Kier alpha value is -4.22. The molecule has 0 radical (unpaired) electrons. The van der Waals surface area contributed by atoms with Gasteiger partial charge in [0.15, 0.2) is 0 Å². The van der Waals surface area contributed by atoms with Gasteiger partial charge in [-0.2, -0.15) is 13.2 Å². The van der Waals surface area contributed by atoms with Crippen LogP contribution in [0.1, 0.15) is 35.1 Å². The fraction of sp³-hybridized carbons (Fsp3) is 0.241. The predicted molar refractivity (Wildman–Crippen MR) is 152 cm³/mol. The number of halogens is 4. The van der Waals surface area contributed by atoms with Gasteiger partial charge in [0.05, 0.1) is 5.56 Å². The minimum Gasteiger partial charge on any atom is -0.383 e. The van der Waals surface area contributed by atoms with Crippen LogP contribution < -0.4 is 15.5 Å². The molecule has 0 bridgehead atoms. The van der Waals surface area contributed by atoms with E-state index in [1.165, 1.54) is 24.3 Å². The molecule has 0 saturated carbocycles. The van der Waals surface area contributed by atoms with Crippen LogP contribution in [-0.2, 0) is 22.2 Å². The zero-order valence-corrected chi connectivity index (χ0v) is 22.5. The van der Waals surface area contributed by atoms with Gasteiger partial charge in [-0.15, -0.1) is 12.4 Å². The number of benzene rings is 2. The van der Waals surface area contributed by atoms with E-state index in [2.05, 4.69) is 25.5 Å². The summed E-state index contributed by atoms with van der Waals surface area (Å²) in [6, 6.07) is 9.76. The van der Waals surface area contributed by atoms with Crippen LogP contribution in [0.2, 0.25) is 0 Å². The zero-order chi connectivity index (χ0) is 28.3. The van der Waals surface area contributed by atoms with Gasteiger partial charge in [0.25, 0.3) is 5.91 Å². The van der Waals surface area contributed by atoms with Gasteiger partial charge < -0.3 is 20.6 Å². The Bertz CT molecular complexity index is 1470. The van der Waals surface area contributed by atoms with Crippen LogP contribution in [0.15, 0.2) is 73.1 Å². The molecule has 3 aromatic rings. The first-order valence-electron chi connectivity index (χ1n) is 12.7. The molecule has 1 aromatic heterocycles. The highest BCUT2D eigenvalue weighted by atomic mass is 35.5. The number of aromatic nitrogens is 2. The van der Waals surface area contributed by atoms with Crippen molar-refractivity contribution in [2.75, 3.05) is 28.6 Å². The third-order valence-corrected chi connectivity index (χ3v) is 6.76. The van der Waals surface area contributed by atoms with Gasteiger partial charge in [-0.25, -0.2) is 9.97 Å². The summed E-state index contributed by atoms with van der Waals surface area (Å²) in [5.41, 5.74) is 2.41. The minimum atomic E-state index is -4.46. The molecule has 2 aromatic carbocycles. The number of fused-ring (bicyclic) bond motifs is 1. The van der Waals surface area contributed by atoms with Gasteiger partial charge in [-0.05, 0) is 48.2 Å². The Morgan fingerprint density at radius 1 is 1.05 bits per heavy atom. The number of nitrogens with one attached hydrogen (secondary N) is 2. The number of nitrogens with zero attached hydrogens (tertiary/aromatic N) is 3. The van der Waals surface area contributed by atoms with Crippen molar-refractivity contribution in [3.8, 4) is 0 Å². The van der Waals surface area contributed by atoms with Gasteiger partial charge in [0.2, 0.25) is 11.9 Å². The van der Waals surface area contributed by atoms with Gasteiger partial charge in [-0.3, -0.25) is 9.59 Å². The van der Waals surface area contributed by atoms with Crippen molar-refractivity contribution in [3.63, 3.8) is 0 Å².